The molecule has 23 heavy (non-hydrogen) atoms. The van der Waals surface area contributed by atoms with Crippen LogP contribution in [0, 0.1) is 0 Å². The molecule has 0 saturated heterocycles. The fourth-order valence-corrected chi connectivity index (χ4v) is 1.90. The Hall–Kier alpha value is -2.45. The van der Waals surface area contributed by atoms with Gasteiger partial charge in [-0.2, -0.15) is 0 Å². The van der Waals surface area contributed by atoms with Gasteiger partial charge >= 0.3 is 5.97 Å². The van der Waals surface area contributed by atoms with Crippen molar-refractivity contribution >= 4 is 17.8 Å². The Morgan fingerprint density at radius 2 is 1.83 bits per heavy atom. The van der Waals surface area contributed by atoms with Crippen molar-refractivity contribution in [1.82, 2.24) is 16.0 Å². The second kappa shape index (κ2) is 10.3. The van der Waals surface area contributed by atoms with Gasteiger partial charge in [-0.1, -0.05) is 30.3 Å². The van der Waals surface area contributed by atoms with Gasteiger partial charge in [0.2, 0.25) is 11.8 Å². The van der Waals surface area contributed by atoms with E-state index < -0.39 is 17.9 Å². The van der Waals surface area contributed by atoms with Crippen LogP contribution in [0.25, 0.3) is 0 Å². The smallest absolute Gasteiger partial charge is 0.317 e. The van der Waals surface area contributed by atoms with Crippen molar-refractivity contribution < 1.29 is 19.5 Å². The van der Waals surface area contributed by atoms with Crippen LogP contribution in [0.5, 0.6) is 0 Å². The zero-order chi connectivity index (χ0) is 17.1. The number of aliphatic carboxylic acids is 1. The molecule has 0 aliphatic carbocycles. The number of carbonyl (C=O) groups is 3. The number of carbonyl (C=O) groups excluding carboxylic acids is 2. The van der Waals surface area contributed by atoms with Crippen molar-refractivity contribution in [2.45, 2.75) is 12.5 Å². The normalized spacial score (nSPS) is 11.5. The number of carboxylic acid groups (broad SMARTS) is 1. The molecule has 126 valence electrons. The third-order valence-electron chi connectivity index (χ3n) is 3.00. The van der Waals surface area contributed by atoms with E-state index in [1.807, 2.05) is 30.3 Å². The molecule has 0 fully saturated rings. The molecule has 0 spiro atoms. The lowest BCUT2D eigenvalue weighted by Crippen LogP contribution is -2.50. The Labute approximate surface area is 134 Å². The van der Waals surface area contributed by atoms with E-state index in [2.05, 4.69) is 16.0 Å². The number of carboxylic acids is 1. The number of nitrogens with two attached hydrogens (primary N) is 1. The van der Waals surface area contributed by atoms with E-state index in [1.165, 1.54) is 0 Å². The zero-order valence-corrected chi connectivity index (χ0v) is 12.7. The van der Waals surface area contributed by atoms with Crippen LogP contribution in [0.2, 0.25) is 0 Å². The number of hydrogen-bond acceptors (Lipinski definition) is 5. The van der Waals surface area contributed by atoms with Crippen LogP contribution in [0.15, 0.2) is 30.3 Å². The van der Waals surface area contributed by atoms with Crippen molar-refractivity contribution in [2.24, 2.45) is 5.73 Å². The maximum atomic E-state index is 12.2. The molecule has 6 N–H and O–H groups in total. The van der Waals surface area contributed by atoms with Gasteiger partial charge in [0, 0.05) is 19.5 Å². The van der Waals surface area contributed by atoms with Gasteiger partial charge in [-0.05, 0) is 5.56 Å². The van der Waals surface area contributed by atoms with Gasteiger partial charge in [0.15, 0.2) is 0 Å². The van der Waals surface area contributed by atoms with E-state index in [-0.39, 0.29) is 25.5 Å². The highest BCUT2D eigenvalue weighted by molar-refractivity contribution is 5.88. The van der Waals surface area contributed by atoms with E-state index in [1.54, 1.807) is 0 Å². The molecule has 0 radical (unpaired) electrons. The molecule has 0 unspecified atom stereocenters. The van der Waals surface area contributed by atoms with Gasteiger partial charge in [-0.25, -0.2) is 0 Å². The first kappa shape index (κ1) is 18.6. The van der Waals surface area contributed by atoms with Crippen molar-refractivity contribution in [3.05, 3.63) is 35.9 Å². The molecule has 8 nitrogen and oxygen atoms in total. The lowest BCUT2D eigenvalue weighted by Gasteiger charge is -2.18. The Morgan fingerprint density at radius 3 is 2.43 bits per heavy atom. The molecule has 1 rings (SSSR count). The average molecular weight is 322 g/mol. The molecule has 1 aromatic rings. The number of amides is 2. The van der Waals surface area contributed by atoms with Crippen LogP contribution in [-0.2, 0) is 20.8 Å². The predicted molar refractivity (Wildman–Crippen MR) is 84.6 cm³/mol. The van der Waals surface area contributed by atoms with E-state index in [0.717, 1.165) is 5.56 Å². The summed E-state index contributed by atoms with van der Waals surface area (Å²) in [5.41, 5.74) is 6.18. The summed E-state index contributed by atoms with van der Waals surface area (Å²) in [6.45, 7) is 0.211. The van der Waals surface area contributed by atoms with Crippen LogP contribution < -0.4 is 21.7 Å². The molecule has 0 heterocycles. The molecule has 0 aliphatic heterocycles. The van der Waals surface area contributed by atoms with Gasteiger partial charge in [-0.3, -0.25) is 14.4 Å². The lowest BCUT2D eigenvalue weighted by atomic mass is 10.1. The molecule has 1 atom stereocenters. The Balaban J connectivity index is 2.51. The molecule has 2 amide bonds. The summed E-state index contributed by atoms with van der Waals surface area (Å²) in [5, 5.41) is 16.4. The summed E-state index contributed by atoms with van der Waals surface area (Å²) in [6.07, 6.45) is 0.348. The molecule has 8 heteroatoms. The Kier molecular flexibility index (Phi) is 8.33. The van der Waals surface area contributed by atoms with E-state index >= 15 is 0 Å². The fraction of sp³-hybridized carbons (Fsp3) is 0.400. The monoisotopic (exact) mass is 322 g/mol. The molecule has 0 bridgehead atoms. The molecule has 0 aliphatic rings. The van der Waals surface area contributed by atoms with Crippen molar-refractivity contribution in [3.63, 3.8) is 0 Å². The van der Waals surface area contributed by atoms with Gasteiger partial charge in [-0.15, -0.1) is 0 Å². The molecular weight excluding hydrogens is 300 g/mol. The molecular formula is C15H22N4O4. The average Bonchev–Trinajstić information content (AvgIpc) is 2.54. The third kappa shape index (κ3) is 7.93. The highest BCUT2D eigenvalue weighted by Crippen LogP contribution is 2.03. The summed E-state index contributed by atoms with van der Waals surface area (Å²) in [5.74, 6) is -1.72. The molecule has 0 saturated carbocycles. The van der Waals surface area contributed by atoms with Crippen LogP contribution >= 0.6 is 0 Å². The first-order valence-electron chi connectivity index (χ1n) is 7.26. The first-order valence-corrected chi connectivity index (χ1v) is 7.26. The van der Waals surface area contributed by atoms with Crippen LogP contribution in [-0.4, -0.2) is 55.1 Å². The lowest BCUT2D eigenvalue weighted by molar-refractivity contribution is -0.136. The minimum Gasteiger partial charge on any atom is -0.480 e. The summed E-state index contributed by atoms with van der Waals surface area (Å²) in [6, 6.07) is 8.57. The second-order valence-electron chi connectivity index (χ2n) is 4.88. The van der Waals surface area contributed by atoms with Gasteiger partial charge in [0.25, 0.3) is 0 Å². The maximum absolute atomic E-state index is 12.2. The van der Waals surface area contributed by atoms with E-state index in [9.17, 15) is 14.4 Å². The Bertz CT molecular complexity index is 521. The summed E-state index contributed by atoms with van der Waals surface area (Å²) < 4.78 is 0. The number of benzene rings is 1. The van der Waals surface area contributed by atoms with Crippen LogP contribution in [0.1, 0.15) is 5.56 Å². The molecule has 0 aromatic heterocycles. The number of rotatable bonds is 10. The van der Waals surface area contributed by atoms with Crippen molar-refractivity contribution in [2.75, 3.05) is 26.2 Å². The SMILES string of the molecule is NCC(=O)N[C@@H](Cc1ccccc1)C(=O)NCCNCC(=O)O. The van der Waals surface area contributed by atoms with Crippen LogP contribution in [0.4, 0.5) is 0 Å². The van der Waals surface area contributed by atoms with Crippen molar-refractivity contribution in [3.8, 4) is 0 Å². The topological polar surface area (TPSA) is 134 Å². The van der Waals surface area contributed by atoms with Gasteiger partial charge < -0.3 is 26.8 Å². The fourth-order valence-electron chi connectivity index (χ4n) is 1.90. The Morgan fingerprint density at radius 1 is 1.13 bits per heavy atom. The molecule has 1 aromatic carbocycles. The van der Waals surface area contributed by atoms with Gasteiger partial charge in [0.1, 0.15) is 6.04 Å². The third-order valence-corrected chi connectivity index (χ3v) is 3.00. The highest BCUT2D eigenvalue weighted by Gasteiger charge is 2.20. The minimum absolute atomic E-state index is 0.173. The van der Waals surface area contributed by atoms with Crippen molar-refractivity contribution in [1.29, 1.82) is 0 Å². The summed E-state index contributed by atoms with van der Waals surface area (Å²) in [7, 11) is 0. The standard InChI is InChI=1S/C15H22N4O4/c16-9-13(20)19-12(8-11-4-2-1-3-5-11)15(23)18-7-6-17-10-14(21)22/h1-5,12,17H,6-10,16H2,(H,18,23)(H,19,20)(H,21,22)/t12-/m0/s1. The van der Waals surface area contributed by atoms with E-state index in [0.29, 0.717) is 13.0 Å². The van der Waals surface area contributed by atoms with Gasteiger partial charge in [0.05, 0.1) is 13.1 Å². The zero-order valence-electron chi connectivity index (χ0n) is 12.7. The maximum Gasteiger partial charge on any atom is 0.317 e. The van der Waals surface area contributed by atoms with E-state index in [4.69, 9.17) is 10.8 Å². The number of hydrogen-bond donors (Lipinski definition) is 5. The van der Waals surface area contributed by atoms with Crippen LogP contribution in [0.3, 0.4) is 0 Å². The summed E-state index contributed by atoms with van der Waals surface area (Å²) in [4.78, 5) is 34.0. The number of nitrogens with one attached hydrogen (secondary N) is 3. The minimum atomic E-state index is -0.964. The largest absolute Gasteiger partial charge is 0.480 e. The second-order valence-corrected chi connectivity index (χ2v) is 4.88. The quantitative estimate of drug-likeness (QED) is 0.332. The first-order chi connectivity index (χ1) is 11.0. The summed E-state index contributed by atoms with van der Waals surface area (Å²) >= 11 is 0. The predicted octanol–water partition coefficient (Wildman–Crippen LogP) is -1.54. The highest BCUT2D eigenvalue weighted by atomic mass is 16.4.